The number of hydrogen-bond acceptors (Lipinski definition) is 3. The lowest BCUT2D eigenvalue weighted by molar-refractivity contribution is -0.114. The molecule has 1 heterocycles. The van der Waals surface area contributed by atoms with Gasteiger partial charge in [-0.25, -0.2) is 0 Å². The van der Waals surface area contributed by atoms with Crippen LogP contribution in [-0.2, 0) is 9.59 Å². The van der Waals surface area contributed by atoms with Gasteiger partial charge in [0.2, 0.25) is 10.2 Å². The summed E-state index contributed by atoms with van der Waals surface area (Å²) in [6.07, 6.45) is 4.76. The second-order valence-electron chi connectivity index (χ2n) is 2.22. The van der Waals surface area contributed by atoms with E-state index >= 15 is 0 Å². The average molecular weight is 201 g/mol. The Hall–Kier alpha value is -0.680. The lowest BCUT2D eigenvalue weighted by atomic mass is 10.1. The van der Waals surface area contributed by atoms with Crippen LogP contribution in [0.2, 0.25) is 0 Å². The minimum absolute atomic E-state index is 0.320. The van der Waals surface area contributed by atoms with Crippen LogP contribution >= 0.6 is 25.3 Å². The molecule has 3 nitrogen and oxygen atoms in total. The van der Waals surface area contributed by atoms with Gasteiger partial charge in [-0.05, 0) is 12.3 Å². The molecule has 0 aromatic heterocycles. The highest BCUT2D eigenvalue weighted by atomic mass is 32.1. The van der Waals surface area contributed by atoms with Gasteiger partial charge in [-0.1, -0.05) is 6.08 Å². The van der Waals surface area contributed by atoms with Crippen LogP contribution in [0.4, 0.5) is 0 Å². The highest BCUT2D eigenvalue weighted by Gasteiger charge is 2.23. The maximum Gasteiger partial charge on any atom is 0.214 e. The molecule has 0 aromatic carbocycles. The molecule has 1 rings (SSSR count). The Kier molecular flexibility index (Phi) is 2.99. The fraction of sp³-hybridized carbons (Fsp3) is 0.143. The summed E-state index contributed by atoms with van der Waals surface area (Å²) in [5.74, 6) is 0. The van der Waals surface area contributed by atoms with Crippen LogP contribution in [0.1, 0.15) is 0 Å². The van der Waals surface area contributed by atoms with Gasteiger partial charge in [0.1, 0.15) is 6.04 Å². The van der Waals surface area contributed by atoms with Gasteiger partial charge in [0.15, 0.2) is 0 Å². The van der Waals surface area contributed by atoms with Crippen molar-refractivity contribution in [3.8, 4) is 0 Å². The lowest BCUT2D eigenvalue weighted by Crippen LogP contribution is -2.36. The highest BCUT2D eigenvalue weighted by Crippen LogP contribution is 2.12. The number of allylic oxidation sites excluding steroid dienone is 2. The molecule has 1 N–H and O–H groups in total. The van der Waals surface area contributed by atoms with Crippen molar-refractivity contribution in [1.82, 2.24) is 5.32 Å². The number of hydrogen-bond donors (Lipinski definition) is 3. The standard InChI is InChI=1S/C7H7NO2S2/c9-6(11)4-2-1-3-8-5(4)7(10)12/h1-3,5,8H,(H,9,11)(H,10,12). The summed E-state index contributed by atoms with van der Waals surface area (Å²) in [7, 11) is 0. The fourth-order valence-corrected chi connectivity index (χ4v) is 1.31. The SMILES string of the molecule is O=C(S)C1=CC=CNC1C(=O)S. The Morgan fingerprint density at radius 3 is 2.50 bits per heavy atom. The molecule has 0 amide bonds. The van der Waals surface area contributed by atoms with Gasteiger partial charge in [0.25, 0.3) is 0 Å². The fourth-order valence-electron chi connectivity index (χ4n) is 0.889. The predicted molar refractivity (Wildman–Crippen MR) is 52.1 cm³/mol. The zero-order chi connectivity index (χ0) is 9.14. The second-order valence-corrected chi connectivity index (χ2v) is 3.07. The summed E-state index contributed by atoms with van der Waals surface area (Å²) in [4.78, 5) is 21.7. The van der Waals surface area contributed by atoms with Crippen LogP contribution in [0.3, 0.4) is 0 Å². The van der Waals surface area contributed by atoms with Crippen LogP contribution in [0, 0.1) is 0 Å². The maximum absolute atomic E-state index is 10.9. The average Bonchev–Trinajstić information content (AvgIpc) is 2.04. The molecule has 0 saturated carbocycles. The van der Waals surface area contributed by atoms with Gasteiger partial charge < -0.3 is 5.32 Å². The van der Waals surface area contributed by atoms with Crippen molar-refractivity contribution in [2.45, 2.75) is 6.04 Å². The van der Waals surface area contributed by atoms with Gasteiger partial charge in [-0.15, -0.1) is 25.3 Å². The van der Waals surface area contributed by atoms with Crippen LogP contribution in [-0.4, -0.2) is 16.3 Å². The molecule has 0 radical (unpaired) electrons. The topological polar surface area (TPSA) is 46.2 Å². The summed E-state index contributed by atoms with van der Waals surface area (Å²) in [5, 5.41) is 1.89. The van der Waals surface area contributed by atoms with Crippen molar-refractivity contribution in [3.63, 3.8) is 0 Å². The summed E-state index contributed by atoms with van der Waals surface area (Å²) in [5.41, 5.74) is 0.320. The third kappa shape index (κ3) is 1.92. The zero-order valence-corrected chi connectivity index (χ0v) is 7.81. The van der Waals surface area contributed by atoms with E-state index in [-0.39, 0.29) is 0 Å². The van der Waals surface area contributed by atoms with Gasteiger partial charge in [0.05, 0.1) is 0 Å². The van der Waals surface area contributed by atoms with Crippen molar-refractivity contribution in [2.24, 2.45) is 0 Å². The number of carbonyl (C=O) groups is 2. The van der Waals surface area contributed by atoms with Crippen molar-refractivity contribution in [3.05, 3.63) is 23.9 Å². The van der Waals surface area contributed by atoms with Crippen LogP contribution in [0.15, 0.2) is 23.9 Å². The molecule has 0 bridgehead atoms. The summed E-state index contributed by atoms with van der Waals surface area (Å²) < 4.78 is 0. The smallest absolute Gasteiger partial charge is 0.214 e. The van der Waals surface area contributed by atoms with E-state index < -0.39 is 16.3 Å². The molecule has 1 atom stereocenters. The summed E-state index contributed by atoms with van der Waals surface area (Å²) >= 11 is 7.26. The molecule has 1 aliphatic rings. The Morgan fingerprint density at radius 1 is 1.42 bits per heavy atom. The third-order valence-corrected chi connectivity index (χ3v) is 1.96. The van der Waals surface area contributed by atoms with Gasteiger partial charge >= 0.3 is 0 Å². The van der Waals surface area contributed by atoms with Crippen LogP contribution < -0.4 is 5.32 Å². The molecule has 64 valence electrons. The molecule has 5 heteroatoms. The monoisotopic (exact) mass is 201 g/mol. The molecular formula is C7H7NO2S2. The first kappa shape index (κ1) is 9.41. The Morgan fingerprint density at radius 2 is 2.08 bits per heavy atom. The highest BCUT2D eigenvalue weighted by molar-refractivity contribution is 7.97. The quantitative estimate of drug-likeness (QED) is 0.564. The van der Waals surface area contributed by atoms with E-state index in [9.17, 15) is 9.59 Å². The maximum atomic E-state index is 10.9. The number of rotatable bonds is 2. The van der Waals surface area contributed by atoms with Gasteiger partial charge in [0, 0.05) is 5.57 Å². The van der Waals surface area contributed by atoms with Crippen molar-refractivity contribution in [1.29, 1.82) is 0 Å². The van der Waals surface area contributed by atoms with Gasteiger partial charge in [-0.2, -0.15) is 0 Å². The summed E-state index contributed by atoms with van der Waals surface area (Å²) in [6.45, 7) is 0. The Balaban J connectivity index is 2.91. The molecule has 0 spiro atoms. The van der Waals surface area contributed by atoms with Crippen molar-refractivity contribution in [2.75, 3.05) is 0 Å². The number of carbonyl (C=O) groups excluding carboxylic acids is 2. The Labute approximate surface area is 80.7 Å². The molecule has 12 heavy (non-hydrogen) atoms. The lowest BCUT2D eigenvalue weighted by Gasteiger charge is -2.17. The first-order chi connectivity index (χ1) is 5.63. The molecule has 0 saturated heterocycles. The summed E-state index contributed by atoms with van der Waals surface area (Å²) in [6, 6.07) is -0.664. The Bertz CT molecular complexity index is 283. The van der Waals surface area contributed by atoms with E-state index in [4.69, 9.17) is 0 Å². The molecule has 0 aliphatic carbocycles. The van der Waals surface area contributed by atoms with Crippen molar-refractivity contribution >= 4 is 35.5 Å². The molecular weight excluding hydrogens is 194 g/mol. The van der Waals surface area contributed by atoms with E-state index in [2.05, 4.69) is 30.6 Å². The van der Waals surface area contributed by atoms with E-state index in [1.165, 1.54) is 0 Å². The number of nitrogens with one attached hydrogen (secondary N) is 1. The normalized spacial score (nSPS) is 21.2. The largest absolute Gasteiger partial charge is 0.377 e. The molecule has 1 unspecified atom stereocenters. The predicted octanol–water partition coefficient (Wildman–Crippen LogP) is 0.311. The molecule has 0 aromatic rings. The third-order valence-electron chi connectivity index (χ3n) is 1.44. The van der Waals surface area contributed by atoms with E-state index in [0.29, 0.717) is 5.57 Å². The number of thiol groups is 2. The zero-order valence-electron chi connectivity index (χ0n) is 6.02. The molecule has 0 fully saturated rings. The van der Waals surface area contributed by atoms with E-state index in [1.54, 1.807) is 18.4 Å². The first-order valence-corrected chi connectivity index (χ1v) is 4.11. The van der Waals surface area contributed by atoms with Crippen LogP contribution in [0.25, 0.3) is 0 Å². The van der Waals surface area contributed by atoms with E-state index in [0.717, 1.165) is 0 Å². The van der Waals surface area contributed by atoms with Crippen molar-refractivity contribution < 1.29 is 9.59 Å². The minimum atomic E-state index is -0.664. The minimum Gasteiger partial charge on any atom is -0.377 e. The second kappa shape index (κ2) is 3.82. The van der Waals surface area contributed by atoms with Crippen LogP contribution in [0.5, 0.6) is 0 Å². The van der Waals surface area contributed by atoms with E-state index in [1.807, 2.05) is 0 Å². The first-order valence-electron chi connectivity index (χ1n) is 3.22. The molecule has 1 aliphatic heterocycles. The van der Waals surface area contributed by atoms with Gasteiger partial charge in [-0.3, -0.25) is 9.59 Å². The number of dihydropyridines is 1.